The molecule has 2 N–H and O–H groups in total. The summed E-state index contributed by atoms with van der Waals surface area (Å²) in [6.45, 7) is 1.82. The second-order valence-electron chi connectivity index (χ2n) is 3.39. The molecule has 0 saturated carbocycles. The molecule has 0 amide bonds. The molecule has 0 fully saturated rings. The third-order valence-corrected chi connectivity index (χ3v) is 2.33. The van der Waals surface area contributed by atoms with Crippen molar-refractivity contribution >= 4 is 5.78 Å². The third kappa shape index (κ3) is 1.90. The number of hydrogen-bond acceptors (Lipinski definition) is 4. The molecule has 0 bridgehead atoms. The highest BCUT2D eigenvalue weighted by atomic mass is 16.3. The molecule has 0 aliphatic heterocycles. The van der Waals surface area contributed by atoms with E-state index in [4.69, 9.17) is 9.68 Å². The maximum Gasteiger partial charge on any atom is 0.323 e. The van der Waals surface area contributed by atoms with Gasteiger partial charge < -0.3 is 14.4 Å². The number of carbonyl (C=O) groups excluding carboxylic acids is 1. The lowest BCUT2D eigenvalue weighted by Gasteiger charge is -1.96. The highest BCUT2D eigenvalue weighted by Crippen LogP contribution is 2.13. The van der Waals surface area contributed by atoms with Gasteiger partial charge >= 0.3 is 5.69 Å². The second-order valence-corrected chi connectivity index (χ2v) is 3.39. The van der Waals surface area contributed by atoms with E-state index in [1.165, 1.54) is 12.1 Å². The molecule has 6 nitrogen and oxygen atoms in total. The summed E-state index contributed by atoms with van der Waals surface area (Å²) in [6.07, 6.45) is 0.519. The van der Waals surface area contributed by atoms with Gasteiger partial charge in [0.25, 0.3) is 0 Å². The van der Waals surface area contributed by atoms with Crippen molar-refractivity contribution in [3.05, 3.63) is 45.5 Å². The summed E-state index contributed by atoms with van der Waals surface area (Å²) in [5.74, 6) is -0.350. The molecule has 2 heterocycles. The fourth-order valence-corrected chi connectivity index (χ4v) is 1.52. The van der Waals surface area contributed by atoms with Crippen molar-refractivity contribution < 1.29 is 9.21 Å². The summed E-state index contributed by atoms with van der Waals surface area (Å²) in [4.78, 5) is 28.0. The number of hydrogen-bond donors (Lipinski definition) is 2. The Labute approximate surface area is 95.9 Å². The number of nitriles is 1. The van der Waals surface area contributed by atoms with Gasteiger partial charge in [0.1, 0.15) is 11.8 Å². The van der Waals surface area contributed by atoms with Crippen LogP contribution < -0.4 is 5.69 Å². The zero-order valence-electron chi connectivity index (χ0n) is 9.03. The van der Waals surface area contributed by atoms with E-state index in [2.05, 4.69) is 9.97 Å². The summed E-state index contributed by atoms with van der Waals surface area (Å²) in [7, 11) is 0. The van der Waals surface area contributed by atoms with Gasteiger partial charge in [0.15, 0.2) is 5.76 Å². The number of carbonyl (C=O) groups is 1. The first-order chi connectivity index (χ1) is 8.15. The van der Waals surface area contributed by atoms with E-state index in [0.717, 1.165) is 0 Å². The van der Waals surface area contributed by atoms with Crippen LogP contribution in [0.4, 0.5) is 0 Å². The van der Waals surface area contributed by atoms with E-state index in [0.29, 0.717) is 12.1 Å². The standard InChI is InChI=1S/C11H9N3O3/c1-2-7-9(14-11(16)13-7)10(15)8-4-3-6(5-12)17-8/h3-4H,2H2,1H3,(H2,13,14,16). The Morgan fingerprint density at radius 3 is 2.82 bits per heavy atom. The van der Waals surface area contributed by atoms with E-state index >= 15 is 0 Å². The van der Waals surface area contributed by atoms with Gasteiger partial charge in [0, 0.05) is 5.69 Å². The van der Waals surface area contributed by atoms with E-state index in [9.17, 15) is 9.59 Å². The molecular weight excluding hydrogens is 222 g/mol. The Morgan fingerprint density at radius 1 is 1.47 bits per heavy atom. The maximum atomic E-state index is 12.0. The van der Waals surface area contributed by atoms with Gasteiger partial charge in [-0.3, -0.25) is 4.79 Å². The lowest BCUT2D eigenvalue weighted by atomic mass is 10.1. The van der Waals surface area contributed by atoms with Crippen LogP contribution in [0.1, 0.15) is 34.6 Å². The summed E-state index contributed by atoms with van der Waals surface area (Å²) >= 11 is 0. The van der Waals surface area contributed by atoms with Crippen molar-refractivity contribution in [3.63, 3.8) is 0 Å². The number of aromatic amines is 2. The minimum atomic E-state index is -0.443. The van der Waals surface area contributed by atoms with E-state index in [-0.39, 0.29) is 17.2 Å². The SMILES string of the molecule is CCc1[nH]c(=O)[nH]c1C(=O)c1ccc(C#N)o1. The fourth-order valence-electron chi connectivity index (χ4n) is 1.52. The first kappa shape index (κ1) is 11.0. The highest BCUT2D eigenvalue weighted by molar-refractivity contribution is 6.06. The highest BCUT2D eigenvalue weighted by Gasteiger charge is 2.19. The molecule has 6 heteroatoms. The average Bonchev–Trinajstić information content (AvgIpc) is 2.93. The molecule has 0 spiro atoms. The molecule has 0 radical (unpaired) electrons. The number of H-pyrrole nitrogens is 2. The number of nitrogens with zero attached hydrogens (tertiary/aromatic N) is 1. The quantitative estimate of drug-likeness (QED) is 0.768. The summed E-state index contributed by atoms with van der Waals surface area (Å²) in [5, 5.41) is 8.59. The molecule has 0 atom stereocenters. The van der Waals surface area contributed by atoms with Crippen LogP contribution in [0.3, 0.4) is 0 Å². The number of nitrogens with one attached hydrogen (secondary N) is 2. The predicted octanol–water partition coefficient (Wildman–Crippen LogP) is 0.961. The molecule has 0 unspecified atom stereocenters. The minimum absolute atomic E-state index is 0.0338. The molecule has 2 rings (SSSR count). The minimum Gasteiger partial charge on any atom is -0.442 e. The van der Waals surface area contributed by atoms with E-state index in [1.54, 1.807) is 6.07 Å². The molecule has 2 aromatic rings. The number of ketones is 1. The van der Waals surface area contributed by atoms with Crippen molar-refractivity contribution in [2.75, 3.05) is 0 Å². The summed E-state index contributed by atoms with van der Waals surface area (Å²) in [5.41, 5.74) is 0.267. The third-order valence-electron chi connectivity index (χ3n) is 2.33. The van der Waals surface area contributed by atoms with Gasteiger partial charge in [0.2, 0.25) is 11.5 Å². The van der Waals surface area contributed by atoms with Gasteiger partial charge in [-0.2, -0.15) is 5.26 Å². The van der Waals surface area contributed by atoms with Crippen LogP contribution in [0.2, 0.25) is 0 Å². The van der Waals surface area contributed by atoms with Gasteiger partial charge in [0.05, 0.1) is 0 Å². The summed E-state index contributed by atoms with van der Waals surface area (Å²) < 4.78 is 5.01. The molecule has 2 aromatic heterocycles. The Balaban J connectivity index is 2.43. The maximum absolute atomic E-state index is 12.0. The van der Waals surface area contributed by atoms with Crippen LogP contribution in [-0.4, -0.2) is 15.8 Å². The first-order valence-corrected chi connectivity index (χ1v) is 5.01. The largest absolute Gasteiger partial charge is 0.442 e. The normalized spacial score (nSPS) is 10.1. The van der Waals surface area contributed by atoms with Crippen molar-refractivity contribution in [3.8, 4) is 6.07 Å². The molecular formula is C11H9N3O3. The Bertz CT molecular complexity index is 654. The van der Waals surface area contributed by atoms with Crippen LogP contribution in [0.5, 0.6) is 0 Å². The number of imidazole rings is 1. The Morgan fingerprint density at radius 2 is 2.24 bits per heavy atom. The van der Waals surface area contributed by atoms with Crippen molar-refractivity contribution in [1.29, 1.82) is 5.26 Å². The van der Waals surface area contributed by atoms with Crippen LogP contribution >= 0.6 is 0 Å². The van der Waals surface area contributed by atoms with E-state index in [1.807, 2.05) is 6.92 Å². The number of aryl methyl sites for hydroxylation is 1. The van der Waals surface area contributed by atoms with Crippen LogP contribution in [-0.2, 0) is 6.42 Å². The number of furan rings is 1. The molecule has 0 aliphatic carbocycles. The van der Waals surface area contributed by atoms with Gasteiger partial charge in [-0.15, -0.1) is 0 Å². The van der Waals surface area contributed by atoms with Crippen molar-refractivity contribution in [2.45, 2.75) is 13.3 Å². The fraction of sp³-hybridized carbons (Fsp3) is 0.182. The number of aromatic nitrogens is 2. The van der Waals surface area contributed by atoms with Gasteiger partial charge in [-0.1, -0.05) is 6.92 Å². The zero-order chi connectivity index (χ0) is 12.4. The molecule has 0 aliphatic rings. The van der Waals surface area contributed by atoms with Crippen LogP contribution in [0.15, 0.2) is 21.3 Å². The van der Waals surface area contributed by atoms with E-state index < -0.39 is 11.5 Å². The van der Waals surface area contributed by atoms with Crippen LogP contribution in [0.25, 0.3) is 0 Å². The molecule has 0 saturated heterocycles. The molecule has 17 heavy (non-hydrogen) atoms. The van der Waals surface area contributed by atoms with Gasteiger partial charge in [-0.25, -0.2) is 4.79 Å². The summed E-state index contributed by atoms with van der Waals surface area (Å²) in [6, 6.07) is 4.60. The van der Waals surface area contributed by atoms with Gasteiger partial charge in [-0.05, 0) is 18.6 Å². The zero-order valence-corrected chi connectivity index (χ0v) is 9.03. The lowest BCUT2D eigenvalue weighted by Crippen LogP contribution is -2.06. The number of rotatable bonds is 3. The average molecular weight is 231 g/mol. The molecule has 0 aromatic carbocycles. The van der Waals surface area contributed by atoms with Crippen molar-refractivity contribution in [2.24, 2.45) is 0 Å². The predicted molar refractivity (Wildman–Crippen MR) is 57.6 cm³/mol. The van der Waals surface area contributed by atoms with Crippen LogP contribution in [0, 0.1) is 11.3 Å². The van der Waals surface area contributed by atoms with Crippen molar-refractivity contribution in [1.82, 2.24) is 9.97 Å². The lowest BCUT2D eigenvalue weighted by molar-refractivity contribution is 0.100. The Hall–Kier alpha value is -2.55. The molecule has 86 valence electrons. The second kappa shape index (κ2) is 4.14. The monoisotopic (exact) mass is 231 g/mol. The topological polar surface area (TPSA) is 103 Å². The Kier molecular flexibility index (Phi) is 2.66. The smallest absolute Gasteiger partial charge is 0.323 e. The first-order valence-electron chi connectivity index (χ1n) is 5.01.